The lowest BCUT2D eigenvalue weighted by atomic mass is 9.97. The van der Waals surface area contributed by atoms with Gasteiger partial charge in [-0.2, -0.15) is 0 Å². The van der Waals surface area contributed by atoms with Gasteiger partial charge in [-0.1, -0.05) is 6.07 Å². The van der Waals surface area contributed by atoms with E-state index in [4.69, 9.17) is 4.98 Å². The van der Waals surface area contributed by atoms with Crippen LogP contribution in [0.25, 0.3) is 11.0 Å². The fourth-order valence-corrected chi connectivity index (χ4v) is 3.41. The van der Waals surface area contributed by atoms with Gasteiger partial charge in [-0.15, -0.1) is 0 Å². The summed E-state index contributed by atoms with van der Waals surface area (Å²) in [5.41, 5.74) is 3.23. The first-order valence-electron chi connectivity index (χ1n) is 8.87. The van der Waals surface area contributed by atoms with Crippen molar-refractivity contribution in [2.45, 2.75) is 44.9 Å². The van der Waals surface area contributed by atoms with Crippen molar-refractivity contribution in [3.05, 3.63) is 29.6 Å². The number of nitrogens with one attached hydrogen (secondary N) is 1. The van der Waals surface area contributed by atoms with Gasteiger partial charge in [-0.05, 0) is 43.9 Å². The number of aromatic nitrogens is 2. The first-order chi connectivity index (χ1) is 12.1. The average Bonchev–Trinajstić information content (AvgIpc) is 3.04. The Morgan fingerprint density at radius 3 is 3.00 bits per heavy atom. The smallest absolute Gasteiger partial charge is 0.305 e. The number of amides is 1. The molecule has 2 aromatic rings. The standard InChI is InChI=1S/C19H25N3O3/c1-13-8-9-15-16(11-13)21-19(20-15)14-5-4-10-22(12-14)17(23)6-3-7-18(24)25-2/h8-9,11,14H,3-7,10,12H2,1-2H3,(H,20,21). The molecule has 1 atom stereocenters. The third-order valence-electron chi connectivity index (χ3n) is 4.82. The van der Waals surface area contributed by atoms with Crippen LogP contribution < -0.4 is 0 Å². The normalized spacial score (nSPS) is 17.7. The SMILES string of the molecule is COC(=O)CCCC(=O)N1CCCC(c2nc3ccc(C)cc3[nH]2)C1. The summed E-state index contributed by atoms with van der Waals surface area (Å²) in [6.45, 7) is 3.54. The molecule has 134 valence electrons. The van der Waals surface area contributed by atoms with Crippen LogP contribution in [0.1, 0.15) is 49.4 Å². The van der Waals surface area contributed by atoms with E-state index in [0.29, 0.717) is 25.8 Å². The number of nitrogens with zero attached hydrogens (tertiary/aromatic N) is 2. The zero-order chi connectivity index (χ0) is 17.8. The Bertz CT molecular complexity index is 768. The minimum Gasteiger partial charge on any atom is -0.469 e. The summed E-state index contributed by atoms with van der Waals surface area (Å²) in [6, 6.07) is 6.19. The maximum absolute atomic E-state index is 12.4. The molecule has 1 unspecified atom stereocenters. The third kappa shape index (κ3) is 4.18. The second kappa shape index (κ2) is 7.68. The second-order valence-corrected chi connectivity index (χ2v) is 6.75. The molecule has 25 heavy (non-hydrogen) atoms. The van der Waals surface area contributed by atoms with Crippen LogP contribution >= 0.6 is 0 Å². The molecule has 3 rings (SSSR count). The molecule has 1 aromatic carbocycles. The molecule has 0 spiro atoms. The van der Waals surface area contributed by atoms with Crippen LogP contribution in [-0.2, 0) is 14.3 Å². The Morgan fingerprint density at radius 1 is 1.36 bits per heavy atom. The van der Waals surface area contributed by atoms with Gasteiger partial charge in [0.2, 0.25) is 5.91 Å². The van der Waals surface area contributed by atoms with Crippen molar-refractivity contribution in [2.75, 3.05) is 20.2 Å². The maximum Gasteiger partial charge on any atom is 0.305 e. The number of H-pyrrole nitrogens is 1. The van der Waals surface area contributed by atoms with Crippen LogP contribution in [-0.4, -0.2) is 46.9 Å². The summed E-state index contributed by atoms with van der Waals surface area (Å²) in [6.07, 6.45) is 3.23. The van der Waals surface area contributed by atoms with E-state index in [1.54, 1.807) is 0 Å². The first kappa shape index (κ1) is 17.5. The number of imidazole rings is 1. The largest absolute Gasteiger partial charge is 0.469 e. The lowest BCUT2D eigenvalue weighted by Crippen LogP contribution is -2.39. The molecular weight excluding hydrogens is 318 g/mol. The number of piperidine rings is 1. The number of fused-ring (bicyclic) bond motifs is 1. The molecule has 1 amide bonds. The zero-order valence-electron chi connectivity index (χ0n) is 14.9. The molecule has 1 aliphatic rings. The number of carbonyl (C=O) groups excluding carboxylic acids is 2. The highest BCUT2D eigenvalue weighted by Gasteiger charge is 2.26. The van der Waals surface area contributed by atoms with E-state index in [1.165, 1.54) is 12.7 Å². The van der Waals surface area contributed by atoms with Crippen LogP contribution in [0, 0.1) is 6.92 Å². The van der Waals surface area contributed by atoms with Crippen LogP contribution in [0.2, 0.25) is 0 Å². The summed E-state index contributed by atoms with van der Waals surface area (Å²) < 4.78 is 4.61. The lowest BCUT2D eigenvalue weighted by molar-refractivity contribution is -0.141. The number of hydrogen-bond acceptors (Lipinski definition) is 4. The molecule has 1 saturated heterocycles. The number of aromatic amines is 1. The summed E-state index contributed by atoms with van der Waals surface area (Å²) in [7, 11) is 1.37. The van der Waals surface area contributed by atoms with Crippen molar-refractivity contribution >= 4 is 22.9 Å². The Balaban J connectivity index is 1.61. The number of rotatable bonds is 5. The van der Waals surface area contributed by atoms with E-state index in [0.717, 1.165) is 36.2 Å². The maximum atomic E-state index is 12.4. The van der Waals surface area contributed by atoms with Gasteiger partial charge in [0.1, 0.15) is 5.82 Å². The summed E-state index contributed by atoms with van der Waals surface area (Å²) in [5, 5.41) is 0. The Hall–Kier alpha value is -2.37. The van der Waals surface area contributed by atoms with E-state index < -0.39 is 0 Å². The molecule has 2 heterocycles. The summed E-state index contributed by atoms with van der Waals surface area (Å²) in [4.78, 5) is 33.6. The van der Waals surface area contributed by atoms with E-state index >= 15 is 0 Å². The van der Waals surface area contributed by atoms with Crippen LogP contribution in [0.3, 0.4) is 0 Å². The van der Waals surface area contributed by atoms with E-state index in [2.05, 4.69) is 28.8 Å². The number of ether oxygens (including phenoxy) is 1. The van der Waals surface area contributed by atoms with Crippen molar-refractivity contribution in [1.82, 2.24) is 14.9 Å². The molecule has 1 fully saturated rings. The molecular formula is C19H25N3O3. The van der Waals surface area contributed by atoms with Crippen molar-refractivity contribution < 1.29 is 14.3 Å². The van der Waals surface area contributed by atoms with Gasteiger partial charge in [0.25, 0.3) is 0 Å². The fraction of sp³-hybridized carbons (Fsp3) is 0.526. The van der Waals surface area contributed by atoms with Crippen LogP contribution in [0.5, 0.6) is 0 Å². The number of aryl methyl sites for hydroxylation is 1. The van der Waals surface area contributed by atoms with Crippen molar-refractivity contribution in [3.8, 4) is 0 Å². The average molecular weight is 343 g/mol. The fourth-order valence-electron chi connectivity index (χ4n) is 3.41. The third-order valence-corrected chi connectivity index (χ3v) is 4.82. The topological polar surface area (TPSA) is 75.3 Å². The molecule has 0 radical (unpaired) electrons. The Labute approximate surface area is 147 Å². The Kier molecular flexibility index (Phi) is 5.36. The van der Waals surface area contributed by atoms with Gasteiger partial charge in [-0.25, -0.2) is 4.98 Å². The minimum absolute atomic E-state index is 0.112. The number of methoxy groups -OCH3 is 1. The Morgan fingerprint density at radius 2 is 2.20 bits per heavy atom. The quantitative estimate of drug-likeness (QED) is 0.847. The van der Waals surface area contributed by atoms with Crippen molar-refractivity contribution in [2.24, 2.45) is 0 Å². The molecule has 0 bridgehead atoms. The number of carbonyl (C=O) groups is 2. The van der Waals surface area contributed by atoms with Gasteiger partial charge < -0.3 is 14.6 Å². The molecule has 1 N–H and O–H groups in total. The van der Waals surface area contributed by atoms with E-state index in [1.807, 2.05) is 11.0 Å². The highest BCUT2D eigenvalue weighted by atomic mass is 16.5. The van der Waals surface area contributed by atoms with Crippen molar-refractivity contribution in [1.29, 1.82) is 0 Å². The van der Waals surface area contributed by atoms with Gasteiger partial charge in [-0.3, -0.25) is 9.59 Å². The van der Waals surface area contributed by atoms with E-state index in [-0.39, 0.29) is 17.8 Å². The molecule has 6 heteroatoms. The summed E-state index contributed by atoms with van der Waals surface area (Å²) >= 11 is 0. The molecule has 0 saturated carbocycles. The number of esters is 1. The summed E-state index contributed by atoms with van der Waals surface area (Å²) in [5.74, 6) is 1.06. The van der Waals surface area contributed by atoms with Crippen LogP contribution in [0.15, 0.2) is 18.2 Å². The van der Waals surface area contributed by atoms with Crippen molar-refractivity contribution in [3.63, 3.8) is 0 Å². The van der Waals surface area contributed by atoms with Gasteiger partial charge in [0, 0.05) is 31.8 Å². The lowest BCUT2D eigenvalue weighted by Gasteiger charge is -2.32. The zero-order valence-corrected chi connectivity index (χ0v) is 14.9. The molecule has 0 aliphatic carbocycles. The minimum atomic E-state index is -0.262. The number of likely N-dealkylation sites (tertiary alicyclic amines) is 1. The van der Waals surface area contributed by atoms with E-state index in [9.17, 15) is 9.59 Å². The first-order valence-corrected chi connectivity index (χ1v) is 8.87. The van der Waals surface area contributed by atoms with Gasteiger partial charge >= 0.3 is 5.97 Å². The highest BCUT2D eigenvalue weighted by Crippen LogP contribution is 2.27. The van der Waals surface area contributed by atoms with Gasteiger partial charge in [0.05, 0.1) is 18.1 Å². The number of benzene rings is 1. The number of hydrogen-bond donors (Lipinski definition) is 1. The molecule has 1 aromatic heterocycles. The molecule has 1 aliphatic heterocycles. The highest BCUT2D eigenvalue weighted by molar-refractivity contribution is 5.78. The monoisotopic (exact) mass is 343 g/mol. The second-order valence-electron chi connectivity index (χ2n) is 6.75. The predicted molar refractivity (Wildman–Crippen MR) is 95.3 cm³/mol. The molecule has 6 nitrogen and oxygen atoms in total. The van der Waals surface area contributed by atoms with Gasteiger partial charge in [0.15, 0.2) is 0 Å². The van der Waals surface area contributed by atoms with Crippen LogP contribution in [0.4, 0.5) is 0 Å². The predicted octanol–water partition coefficient (Wildman–Crippen LogP) is 2.92.